The van der Waals surface area contributed by atoms with Crippen LogP contribution in [0.3, 0.4) is 0 Å². The molecule has 1 aromatic heterocycles. The zero-order valence-corrected chi connectivity index (χ0v) is 22.1. The maximum absolute atomic E-state index is 12.8. The van der Waals surface area contributed by atoms with Gasteiger partial charge >= 0.3 is 0 Å². The number of amides is 1. The Labute approximate surface area is 225 Å². The molecule has 0 aliphatic carbocycles. The first-order valence-electron chi connectivity index (χ1n) is 11.5. The number of nitrogens with one attached hydrogen (secondary N) is 1. The summed E-state index contributed by atoms with van der Waals surface area (Å²) < 4.78 is 29.0. The summed E-state index contributed by atoms with van der Waals surface area (Å²) in [4.78, 5) is 12.8. The van der Waals surface area contributed by atoms with Crippen molar-refractivity contribution in [2.45, 2.75) is 13.2 Å². The molecule has 0 atom stereocenters. The predicted molar refractivity (Wildman–Crippen MR) is 141 cm³/mol. The minimum absolute atomic E-state index is 0.189. The highest BCUT2D eigenvalue weighted by molar-refractivity contribution is 6.30. The quantitative estimate of drug-likeness (QED) is 0.298. The molecule has 0 radical (unpaired) electrons. The third-order valence-corrected chi connectivity index (χ3v) is 5.83. The summed E-state index contributed by atoms with van der Waals surface area (Å²) >= 11 is 6.06. The van der Waals surface area contributed by atoms with Gasteiger partial charge in [0.1, 0.15) is 12.3 Å². The fourth-order valence-corrected chi connectivity index (χ4v) is 3.88. The molecule has 1 heterocycles. The summed E-state index contributed by atoms with van der Waals surface area (Å²) in [6.07, 6.45) is 1.77. The van der Waals surface area contributed by atoms with Gasteiger partial charge in [0.05, 0.1) is 40.3 Å². The number of carbonyl (C=O) groups excluding carboxylic acids is 1. The number of methoxy groups -OCH3 is 4. The second-order valence-corrected chi connectivity index (χ2v) is 8.44. The molecule has 1 amide bonds. The van der Waals surface area contributed by atoms with Crippen LogP contribution in [0.25, 0.3) is 5.69 Å². The molecule has 4 rings (SSSR count). The molecule has 38 heavy (non-hydrogen) atoms. The lowest BCUT2D eigenvalue weighted by atomic mass is 10.1. The Bertz CT molecular complexity index is 1400. The van der Waals surface area contributed by atoms with Gasteiger partial charge in [-0.15, -0.1) is 5.10 Å². The van der Waals surface area contributed by atoms with Gasteiger partial charge in [0, 0.05) is 17.1 Å². The van der Waals surface area contributed by atoms with E-state index in [0.717, 1.165) is 11.3 Å². The van der Waals surface area contributed by atoms with Crippen molar-refractivity contribution in [1.29, 1.82) is 0 Å². The molecule has 0 saturated heterocycles. The van der Waals surface area contributed by atoms with Crippen LogP contribution in [0.15, 0.2) is 60.8 Å². The Hall–Kier alpha value is -4.44. The number of carbonyl (C=O) groups is 1. The monoisotopic (exact) mass is 538 g/mol. The van der Waals surface area contributed by atoms with E-state index in [9.17, 15) is 4.79 Å². The molecule has 4 aromatic rings. The van der Waals surface area contributed by atoms with Crippen molar-refractivity contribution < 1.29 is 28.5 Å². The zero-order chi connectivity index (χ0) is 27.1. The van der Waals surface area contributed by atoms with E-state index in [1.54, 1.807) is 54.4 Å². The smallest absolute Gasteiger partial charge is 0.251 e. The van der Waals surface area contributed by atoms with E-state index in [-0.39, 0.29) is 19.1 Å². The van der Waals surface area contributed by atoms with E-state index in [1.807, 2.05) is 18.2 Å². The minimum Gasteiger partial charge on any atom is -0.493 e. The highest BCUT2D eigenvalue weighted by Crippen LogP contribution is 2.38. The number of rotatable bonds is 11. The summed E-state index contributed by atoms with van der Waals surface area (Å²) in [5, 5.41) is 11.8. The van der Waals surface area contributed by atoms with Crippen LogP contribution in [0.2, 0.25) is 5.02 Å². The molecule has 11 heteroatoms. The normalized spacial score (nSPS) is 10.6. The molecule has 0 spiro atoms. The lowest BCUT2D eigenvalue weighted by Crippen LogP contribution is -2.23. The molecular formula is C27H27ClN4O6. The highest BCUT2D eigenvalue weighted by atomic mass is 35.5. The van der Waals surface area contributed by atoms with Crippen molar-refractivity contribution in [2.24, 2.45) is 0 Å². The highest BCUT2D eigenvalue weighted by Gasteiger charge is 2.17. The van der Waals surface area contributed by atoms with Gasteiger partial charge in [-0.3, -0.25) is 4.79 Å². The number of benzene rings is 3. The standard InChI is InChI=1S/C27H27ClN4O6/c1-34-23-10-17(14-29-27(33)18-11-24(35-2)26(37-4)25(12-18)36-3)8-9-22(23)38-16-20-15-32(31-30-20)21-7-5-6-19(28)13-21/h5-13,15H,14,16H2,1-4H3,(H,29,33). The molecule has 3 aromatic carbocycles. The zero-order valence-electron chi connectivity index (χ0n) is 21.4. The van der Waals surface area contributed by atoms with Gasteiger partial charge in [0.2, 0.25) is 5.75 Å². The van der Waals surface area contributed by atoms with E-state index in [4.69, 9.17) is 35.3 Å². The van der Waals surface area contributed by atoms with E-state index in [0.29, 0.717) is 45.0 Å². The van der Waals surface area contributed by atoms with Gasteiger partial charge in [0.15, 0.2) is 23.0 Å². The third kappa shape index (κ3) is 6.09. The van der Waals surface area contributed by atoms with Crippen LogP contribution in [-0.4, -0.2) is 49.3 Å². The maximum atomic E-state index is 12.8. The number of hydrogen-bond acceptors (Lipinski definition) is 8. The summed E-state index contributed by atoms with van der Waals surface area (Å²) in [7, 11) is 6.05. The van der Waals surface area contributed by atoms with Gasteiger partial charge in [-0.1, -0.05) is 28.9 Å². The van der Waals surface area contributed by atoms with Crippen molar-refractivity contribution in [3.8, 4) is 34.4 Å². The van der Waals surface area contributed by atoms with Crippen molar-refractivity contribution in [2.75, 3.05) is 28.4 Å². The maximum Gasteiger partial charge on any atom is 0.251 e. The van der Waals surface area contributed by atoms with E-state index >= 15 is 0 Å². The van der Waals surface area contributed by atoms with Gasteiger partial charge in [0.25, 0.3) is 5.91 Å². The number of hydrogen-bond donors (Lipinski definition) is 1. The van der Waals surface area contributed by atoms with Crippen LogP contribution >= 0.6 is 11.6 Å². The third-order valence-electron chi connectivity index (χ3n) is 5.60. The van der Waals surface area contributed by atoms with Gasteiger partial charge in [-0.2, -0.15) is 0 Å². The van der Waals surface area contributed by atoms with Crippen LogP contribution in [0.1, 0.15) is 21.6 Å². The summed E-state index contributed by atoms with van der Waals surface area (Å²) in [5.74, 6) is 1.96. The topological polar surface area (TPSA) is 106 Å². The lowest BCUT2D eigenvalue weighted by Gasteiger charge is -2.14. The molecular weight excluding hydrogens is 512 g/mol. The predicted octanol–water partition coefficient (Wildman–Crippen LogP) is 4.46. The van der Waals surface area contributed by atoms with Gasteiger partial charge < -0.3 is 29.0 Å². The second-order valence-electron chi connectivity index (χ2n) is 8.00. The summed E-state index contributed by atoms with van der Waals surface area (Å²) in [5.41, 5.74) is 2.62. The molecule has 0 aliphatic rings. The molecule has 0 unspecified atom stereocenters. The molecule has 0 bridgehead atoms. The Morgan fingerprint density at radius 3 is 2.29 bits per heavy atom. The van der Waals surface area contributed by atoms with Crippen molar-refractivity contribution in [3.63, 3.8) is 0 Å². The number of nitrogens with zero attached hydrogens (tertiary/aromatic N) is 3. The Balaban J connectivity index is 1.40. The SMILES string of the molecule is COc1cc(CNC(=O)c2cc(OC)c(OC)c(OC)c2)ccc1OCc1cn(-c2cccc(Cl)c2)nn1. The summed E-state index contributed by atoms with van der Waals surface area (Å²) in [6.45, 7) is 0.453. The first-order valence-corrected chi connectivity index (χ1v) is 11.9. The van der Waals surface area contributed by atoms with Crippen LogP contribution < -0.4 is 29.0 Å². The molecule has 10 nitrogen and oxygen atoms in total. The second kappa shape index (κ2) is 12.2. The fraction of sp³-hybridized carbons (Fsp3) is 0.222. The minimum atomic E-state index is -0.300. The van der Waals surface area contributed by atoms with E-state index in [1.165, 1.54) is 21.3 Å². The molecule has 0 saturated carbocycles. The van der Waals surface area contributed by atoms with Crippen LogP contribution in [0.5, 0.6) is 28.7 Å². The van der Waals surface area contributed by atoms with Gasteiger partial charge in [-0.25, -0.2) is 4.68 Å². The number of aromatic nitrogens is 3. The number of ether oxygens (including phenoxy) is 5. The number of halogens is 1. The summed E-state index contributed by atoms with van der Waals surface area (Å²) in [6, 6.07) is 15.9. The van der Waals surface area contributed by atoms with Crippen molar-refractivity contribution in [1.82, 2.24) is 20.3 Å². The molecule has 1 N–H and O–H groups in total. The first-order chi connectivity index (χ1) is 18.4. The van der Waals surface area contributed by atoms with Crippen molar-refractivity contribution >= 4 is 17.5 Å². The van der Waals surface area contributed by atoms with E-state index in [2.05, 4.69) is 15.6 Å². The van der Waals surface area contributed by atoms with Crippen LogP contribution in [0, 0.1) is 0 Å². The van der Waals surface area contributed by atoms with E-state index < -0.39 is 0 Å². The Morgan fingerprint density at radius 1 is 0.895 bits per heavy atom. The average molecular weight is 539 g/mol. The first kappa shape index (κ1) is 26.6. The molecule has 0 aliphatic heterocycles. The lowest BCUT2D eigenvalue weighted by molar-refractivity contribution is 0.0950. The average Bonchev–Trinajstić information content (AvgIpc) is 3.43. The molecule has 198 valence electrons. The van der Waals surface area contributed by atoms with Crippen LogP contribution in [-0.2, 0) is 13.2 Å². The van der Waals surface area contributed by atoms with Gasteiger partial charge in [-0.05, 0) is 48.0 Å². The van der Waals surface area contributed by atoms with Crippen molar-refractivity contribution in [3.05, 3.63) is 82.6 Å². The largest absolute Gasteiger partial charge is 0.493 e. The Morgan fingerprint density at radius 2 is 1.63 bits per heavy atom. The molecule has 0 fully saturated rings. The fourth-order valence-electron chi connectivity index (χ4n) is 3.70. The van der Waals surface area contributed by atoms with Crippen LogP contribution in [0.4, 0.5) is 0 Å². The Kier molecular flexibility index (Phi) is 8.55.